The molecule has 0 aliphatic carbocycles. The van der Waals surface area contributed by atoms with Gasteiger partial charge in [-0.3, -0.25) is 20.6 Å². The Morgan fingerprint density at radius 3 is 2.78 bits per heavy atom. The average molecular weight is 243 g/mol. The van der Waals surface area contributed by atoms with Gasteiger partial charge in [-0.05, 0) is 25.1 Å². The molecule has 6 nitrogen and oxygen atoms in total. The molecule has 2 heterocycles. The zero-order valence-electron chi connectivity index (χ0n) is 9.84. The van der Waals surface area contributed by atoms with Crippen LogP contribution < -0.4 is 16.6 Å². The highest BCUT2D eigenvalue weighted by Gasteiger charge is 2.11. The van der Waals surface area contributed by atoms with E-state index in [1.165, 1.54) is 6.20 Å². The van der Waals surface area contributed by atoms with Crippen LogP contribution in [0.25, 0.3) is 0 Å². The predicted octanol–water partition coefficient (Wildman–Crippen LogP) is 1.32. The fourth-order valence-electron chi connectivity index (χ4n) is 1.44. The van der Waals surface area contributed by atoms with E-state index < -0.39 is 0 Å². The Hall–Kier alpha value is -2.47. The second-order valence-electron chi connectivity index (χ2n) is 3.71. The molecule has 0 fully saturated rings. The molecule has 0 atom stereocenters. The molecule has 2 rings (SSSR count). The van der Waals surface area contributed by atoms with E-state index in [-0.39, 0.29) is 5.91 Å². The van der Waals surface area contributed by atoms with Crippen molar-refractivity contribution in [1.29, 1.82) is 0 Å². The van der Waals surface area contributed by atoms with Crippen molar-refractivity contribution in [3.63, 3.8) is 0 Å². The van der Waals surface area contributed by atoms with Crippen LogP contribution in [0.15, 0.2) is 36.8 Å². The molecule has 0 bridgehead atoms. The summed E-state index contributed by atoms with van der Waals surface area (Å²) >= 11 is 0. The van der Waals surface area contributed by atoms with Crippen molar-refractivity contribution in [3.8, 4) is 0 Å². The molecule has 4 N–H and O–H groups in total. The fraction of sp³-hybridized carbons (Fsp3) is 0.0833. The minimum atomic E-state index is -0.290. The maximum Gasteiger partial charge on any atom is 0.259 e. The van der Waals surface area contributed by atoms with Crippen LogP contribution in [0.4, 0.5) is 11.4 Å². The van der Waals surface area contributed by atoms with Crippen LogP contribution in [0.1, 0.15) is 16.1 Å². The van der Waals surface area contributed by atoms with Crippen molar-refractivity contribution >= 4 is 17.3 Å². The maximum atomic E-state index is 12.0. The number of anilines is 2. The van der Waals surface area contributed by atoms with E-state index in [2.05, 4.69) is 20.7 Å². The van der Waals surface area contributed by atoms with Crippen LogP contribution in [-0.2, 0) is 0 Å². The van der Waals surface area contributed by atoms with Gasteiger partial charge in [0.05, 0.1) is 23.1 Å². The molecule has 18 heavy (non-hydrogen) atoms. The number of aryl methyl sites for hydroxylation is 1. The summed E-state index contributed by atoms with van der Waals surface area (Å²) in [5.74, 6) is 5.04. The zero-order valence-corrected chi connectivity index (χ0v) is 9.84. The molecule has 0 aromatic carbocycles. The van der Waals surface area contributed by atoms with Gasteiger partial charge in [0, 0.05) is 18.1 Å². The molecule has 2 aromatic heterocycles. The summed E-state index contributed by atoms with van der Waals surface area (Å²) in [4.78, 5) is 20.0. The SMILES string of the molecule is Cc1ccc(NC(=O)c2cnccc2NN)cn1. The van der Waals surface area contributed by atoms with Crippen LogP contribution in [-0.4, -0.2) is 15.9 Å². The minimum Gasteiger partial charge on any atom is -0.323 e. The van der Waals surface area contributed by atoms with E-state index >= 15 is 0 Å². The molecule has 92 valence electrons. The number of rotatable bonds is 3. The van der Waals surface area contributed by atoms with Gasteiger partial charge in [0.15, 0.2) is 0 Å². The number of amides is 1. The first-order valence-corrected chi connectivity index (χ1v) is 5.35. The Kier molecular flexibility index (Phi) is 3.49. The Morgan fingerprint density at radius 1 is 1.28 bits per heavy atom. The maximum absolute atomic E-state index is 12.0. The molecule has 0 saturated heterocycles. The lowest BCUT2D eigenvalue weighted by Gasteiger charge is -2.08. The fourth-order valence-corrected chi connectivity index (χ4v) is 1.44. The molecule has 0 unspecified atom stereocenters. The molecule has 1 amide bonds. The lowest BCUT2D eigenvalue weighted by molar-refractivity contribution is 0.102. The number of carbonyl (C=O) groups excluding carboxylic acids is 1. The highest BCUT2D eigenvalue weighted by atomic mass is 16.1. The third kappa shape index (κ3) is 2.61. The number of aromatic nitrogens is 2. The molecule has 0 aliphatic heterocycles. The number of nitrogens with one attached hydrogen (secondary N) is 2. The van der Waals surface area contributed by atoms with Crippen LogP contribution in [0.3, 0.4) is 0 Å². The van der Waals surface area contributed by atoms with Crippen molar-refractivity contribution in [2.45, 2.75) is 6.92 Å². The van der Waals surface area contributed by atoms with Crippen molar-refractivity contribution < 1.29 is 4.79 Å². The zero-order chi connectivity index (χ0) is 13.0. The van der Waals surface area contributed by atoms with Crippen LogP contribution in [0, 0.1) is 6.92 Å². The van der Waals surface area contributed by atoms with Crippen molar-refractivity contribution in [2.24, 2.45) is 5.84 Å². The highest BCUT2D eigenvalue weighted by molar-refractivity contribution is 6.07. The van der Waals surface area contributed by atoms with Crippen molar-refractivity contribution in [3.05, 3.63) is 48.0 Å². The van der Waals surface area contributed by atoms with E-state index in [9.17, 15) is 4.79 Å². The lowest BCUT2D eigenvalue weighted by Crippen LogP contribution is -2.17. The molecular weight excluding hydrogens is 230 g/mol. The number of hydrazine groups is 1. The number of nitrogens with zero attached hydrogens (tertiary/aromatic N) is 2. The molecule has 0 saturated carbocycles. The van der Waals surface area contributed by atoms with Gasteiger partial charge in [0.2, 0.25) is 0 Å². The van der Waals surface area contributed by atoms with Crippen LogP contribution in [0.2, 0.25) is 0 Å². The third-order valence-electron chi connectivity index (χ3n) is 2.39. The molecule has 6 heteroatoms. The first-order chi connectivity index (χ1) is 8.70. The molecule has 0 aliphatic rings. The molecular formula is C12H13N5O. The van der Waals surface area contributed by atoms with Gasteiger partial charge in [-0.1, -0.05) is 0 Å². The van der Waals surface area contributed by atoms with Crippen LogP contribution in [0.5, 0.6) is 0 Å². The summed E-state index contributed by atoms with van der Waals surface area (Å²) in [5.41, 5.74) is 4.86. The Balaban J connectivity index is 2.19. The second kappa shape index (κ2) is 5.24. The third-order valence-corrected chi connectivity index (χ3v) is 2.39. The van der Waals surface area contributed by atoms with Crippen molar-refractivity contribution in [2.75, 3.05) is 10.7 Å². The predicted molar refractivity (Wildman–Crippen MR) is 69.0 cm³/mol. The van der Waals surface area contributed by atoms with Crippen LogP contribution >= 0.6 is 0 Å². The second-order valence-corrected chi connectivity index (χ2v) is 3.71. The number of hydrogen-bond acceptors (Lipinski definition) is 5. The highest BCUT2D eigenvalue weighted by Crippen LogP contribution is 2.14. The smallest absolute Gasteiger partial charge is 0.259 e. The lowest BCUT2D eigenvalue weighted by atomic mass is 10.2. The standard InChI is InChI=1S/C12H13N5O/c1-8-2-3-9(6-15-8)16-12(18)10-7-14-5-4-11(10)17-13/h2-7H,13H2,1H3,(H,14,17)(H,16,18). The summed E-state index contributed by atoms with van der Waals surface area (Å²) in [6.45, 7) is 1.88. The topological polar surface area (TPSA) is 92.9 Å². The molecule has 0 radical (unpaired) electrons. The van der Waals surface area contributed by atoms with E-state index in [4.69, 9.17) is 5.84 Å². The number of nitrogens with two attached hydrogens (primary N) is 1. The van der Waals surface area contributed by atoms with Gasteiger partial charge in [0.25, 0.3) is 5.91 Å². The van der Waals surface area contributed by atoms with Gasteiger partial charge >= 0.3 is 0 Å². The number of pyridine rings is 2. The summed E-state index contributed by atoms with van der Waals surface area (Å²) in [5, 5.41) is 2.72. The number of carbonyl (C=O) groups is 1. The largest absolute Gasteiger partial charge is 0.323 e. The van der Waals surface area contributed by atoms with Gasteiger partial charge in [0.1, 0.15) is 0 Å². The quantitative estimate of drug-likeness (QED) is 0.558. The van der Waals surface area contributed by atoms with E-state index in [0.29, 0.717) is 16.9 Å². The average Bonchev–Trinajstić information content (AvgIpc) is 2.41. The summed E-state index contributed by atoms with van der Waals surface area (Å²) in [7, 11) is 0. The number of nitrogen functional groups attached to an aromatic ring is 1. The normalized spacial score (nSPS) is 9.89. The van der Waals surface area contributed by atoms with Crippen molar-refractivity contribution in [1.82, 2.24) is 9.97 Å². The summed E-state index contributed by atoms with van der Waals surface area (Å²) < 4.78 is 0. The van der Waals surface area contributed by atoms with Gasteiger partial charge < -0.3 is 10.7 Å². The van der Waals surface area contributed by atoms with E-state index in [1.54, 1.807) is 24.5 Å². The monoisotopic (exact) mass is 243 g/mol. The van der Waals surface area contributed by atoms with Gasteiger partial charge in [-0.25, -0.2) is 0 Å². The first kappa shape index (κ1) is 12.0. The minimum absolute atomic E-state index is 0.290. The Bertz CT molecular complexity index is 553. The van der Waals surface area contributed by atoms with Gasteiger partial charge in [-0.2, -0.15) is 0 Å². The first-order valence-electron chi connectivity index (χ1n) is 5.35. The molecule has 2 aromatic rings. The van der Waals surface area contributed by atoms with E-state index in [0.717, 1.165) is 5.69 Å². The number of hydrogen-bond donors (Lipinski definition) is 3. The summed E-state index contributed by atoms with van der Waals surface area (Å²) in [6.07, 6.45) is 4.60. The van der Waals surface area contributed by atoms with Gasteiger partial charge in [-0.15, -0.1) is 0 Å². The Labute approximate surface area is 104 Å². The summed E-state index contributed by atoms with van der Waals surface area (Å²) in [6, 6.07) is 5.23. The molecule has 0 spiro atoms. The Morgan fingerprint density at radius 2 is 2.11 bits per heavy atom. The van der Waals surface area contributed by atoms with E-state index in [1.807, 2.05) is 13.0 Å².